The van der Waals surface area contributed by atoms with Crippen LogP contribution < -0.4 is 4.74 Å². The summed E-state index contributed by atoms with van der Waals surface area (Å²) in [7, 11) is 1.76. The SMILES string of the molecule is CCCCCCCCCCCCCc1cc2ccccc2c(S)c1OC. The lowest BCUT2D eigenvalue weighted by atomic mass is 10.00. The van der Waals surface area contributed by atoms with Crippen molar-refractivity contribution in [2.24, 2.45) is 0 Å². The Labute approximate surface area is 165 Å². The topological polar surface area (TPSA) is 9.23 Å². The molecule has 0 bridgehead atoms. The van der Waals surface area contributed by atoms with Gasteiger partial charge in [0.1, 0.15) is 5.75 Å². The van der Waals surface area contributed by atoms with Gasteiger partial charge in [-0.15, -0.1) is 12.6 Å². The summed E-state index contributed by atoms with van der Waals surface area (Å²) in [4.78, 5) is 0.976. The van der Waals surface area contributed by atoms with Crippen LogP contribution in [-0.2, 0) is 6.42 Å². The summed E-state index contributed by atoms with van der Waals surface area (Å²) in [5.41, 5.74) is 1.30. The van der Waals surface area contributed by atoms with Crippen molar-refractivity contribution in [1.29, 1.82) is 0 Å². The minimum atomic E-state index is 0.958. The molecule has 2 aromatic rings. The zero-order valence-corrected chi connectivity index (χ0v) is 17.6. The van der Waals surface area contributed by atoms with Gasteiger partial charge in [-0.05, 0) is 35.2 Å². The van der Waals surface area contributed by atoms with Crippen molar-refractivity contribution in [3.63, 3.8) is 0 Å². The van der Waals surface area contributed by atoms with Crippen molar-refractivity contribution >= 4 is 23.4 Å². The Bertz CT molecular complexity index is 650. The van der Waals surface area contributed by atoms with E-state index < -0.39 is 0 Å². The number of aryl methyl sites for hydroxylation is 1. The van der Waals surface area contributed by atoms with Crippen LogP contribution in [0.2, 0.25) is 0 Å². The smallest absolute Gasteiger partial charge is 0.135 e. The largest absolute Gasteiger partial charge is 0.495 e. The highest BCUT2D eigenvalue weighted by molar-refractivity contribution is 7.80. The minimum Gasteiger partial charge on any atom is -0.495 e. The molecule has 0 aliphatic heterocycles. The van der Waals surface area contributed by atoms with Gasteiger partial charge in [0.15, 0.2) is 0 Å². The molecule has 0 fully saturated rings. The first-order valence-corrected chi connectivity index (χ1v) is 11.0. The van der Waals surface area contributed by atoms with E-state index in [1.54, 1.807) is 7.11 Å². The van der Waals surface area contributed by atoms with E-state index in [2.05, 4.69) is 37.3 Å². The predicted molar refractivity (Wildman–Crippen MR) is 118 cm³/mol. The highest BCUT2D eigenvalue weighted by Crippen LogP contribution is 2.35. The lowest BCUT2D eigenvalue weighted by molar-refractivity contribution is 0.400. The summed E-state index contributed by atoms with van der Waals surface area (Å²) in [6.45, 7) is 2.28. The Morgan fingerprint density at radius 1 is 0.808 bits per heavy atom. The fourth-order valence-corrected chi connectivity index (χ4v) is 4.20. The molecule has 1 nitrogen and oxygen atoms in total. The van der Waals surface area contributed by atoms with Crippen molar-refractivity contribution in [3.8, 4) is 5.75 Å². The zero-order chi connectivity index (χ0) is 18.6. The summed E-state index contributed by atoms with van der Waals surface area (Å²) < 4.78 is 5.66. The molecular formula is C24H36OS. The molecule has 0 aromatic heterocycles. The van der Waals surface area contributed by atoms with E-state index in [9.17, 15) is 0 Å². The van der Waals surface area contributed by atoms with Crippen molar-refractivity contribution in [1.82, 2.24) is 0 Å². The molecule has 2 aromatic carbocycles. The lowest BCUT2D eigenvalue weighted by Gasteiger charge is -2.14. The maximum atomic E-state index is 5.66. The molecule has 144 valence electrons. The molecule has 0 unspecified atom stereocenters. The number of hydrogen-bond donors (Lipinski definition) is 1. The number of hydrogen-bond acceptors (Lipinski definition) is 2. The number of fused-ring (bicyclic) bond motifs is 1. The summed E-state index contributed by atoms with van der Waals surface area (Å²) in [6.07, 6.45) is 16.3. The number of benzene rings is 2. The van der Waals surface area contributed by atoms with E-state index >= 15 is 0 Å². The third kappa shape index (κ3) is 6.54. The average molecular weight is 373 g/mol. The van der Waals surface area contributed by atoms with Gasteiger partial charge in [-0.1, -0.05) is 95.4 Å². The monoisotopic (exact) mass is 372 g/mol. The molecule has 0 aliphatic carbocycles. The molecule has 0 heterocycles. The second-order valence-electron chi connectivity index (χ2n) is 7.42. The molecular weight excluding hydrogens is 336 g/mol. The van der Waals surface area contributed by atoms with Gasteiger partial charge in [-0.2, -0.15) is 0 Å². The quantitative estimate of drug-likeness (QED) is 0.277. The Kier molecular flexibility index (Phi) is 9.99. The van der Waals surface area contributed by atoms with Gasteiger partial charge in [0, 0.05) is 0 Å². The lowest BCUT2D eigenvalue weighted by Crippen LogP contribution is -1.95. The summed E-state index contributed by atoms with van der Waals surface area (Å²) in [6, 6.07) is 10.7. The van der Waals surface area contributed by atoms with E-state index in [-0.39, 0.29) is 0 Å². The molecule has 0 radical (unpaired) electrons. The zero-order valence-electron chi connectivity index (χ0n) is 16.7. The Morgan fingerprint density at radius 2 is 1.38 bits per heavy atom. The standard InChI is InChI=1S/C24H36OS/c1-3-4-5-6-7-8-9-10-11-12-13-17-21-19-20-16-14-15-18-22(20)24(26)23(21)25-2/h14-16,18-19,26H,3-13,17H2,1-2H3. The molecule has 2 heteroatoms. The first-order valence-electron chi connectivity index (χ1n) is 10.6. The van der Waals surface area contributed by atoms with Crippen molar-refractivity contribution in [2.45, 2.75) is 88.9 Å². The van der Waals surface area contributed by atoms with E-state index in [1.165, 1.54) is 87.0 Å². The minimum absolute atomic E-state index is 0.958. The second-order valence-corrected chi connectivity index (χ2v) is 7.87. The summed E-state index contributed by atoms with van der Waals surface area (Å²) in [5, 5.41) is 2.44. The second kappa shape index (κ2) is 12.3. The van der Waals surface area contributed by atoms with Crippen LogP contribution in [0.3, 0.4) is 0 Å². The molecule has 26 heavy (non-hydrogen) atoms. The fraction of sp³-hybridized carbons (Fsp3) is 0.583. The van der Waals surface area contributed by atoms with Gasteiger partial charge in [0.25, 0.3) is 0 Å². The van der Waals surface area contributed by atoms with Crippen molar-refractivity contribution in [3.05, 3.63) is 35.9 Å². The first kappa shape index (κ1) is 21.2. The number of unbranched alkanes of at least 4 members (excludes halogenated alkanes) is 10. The van der Waals surface area contributed by atoms with E-state index in [0.29, 0.717) is 0 Å². The molecule has 0 spiro atoms. The van der Waals surface area contributed by atoms with E-state index in [0.717, 1.165) is 17.1 Å². The third-order valence-corrected chi connectivity index (χ3v) is 5.75. The molecule has 0 amide bonds. The Balaban J connectivity index is 1.70. The number of methoxy groups -OCH3 is 1. The number of rotatable bonds is 13. The maximum absolute atomic E-state index is 5.66. The number of thiol groups is 1. The van der Waals surface area contributed by atoms with Gasteiger partial charge in [0.05, 0.1) is 12.0 Å². The van der Waals surface area contributed by atoms with Crippen LogP contribution in [0.4, 0.5) is 0 Å². The van der Waals surface area contributed by atoms with E-state index in [4.69, 9.17) is 17.4 Å². The molecule has 0 aliphatic rings. The van der Waals surface area contributed by atoms with Crippen LogP contribution in [0, 0.1) is 0 Å². The predicted octanol–water partition coefficient (Wildman–Crippen LogP) is 7.99. The summed E-state index contributed by atoms with van der Waals surface area (Å²) in [5.74, 6) is 0.958. The molecule has 0 saturated heterocycles. The molecule has 0 N–H and O–H groups in total. The number of ether oxygens (including phenoxy) is 1. The molecule has 0 saturated carbocycles. The van der Waals surface area contributed by atoms with Gasteiger partial charge >= 0.3 is 0 Å². The van der Waals surface area contributed by atoms with E-state index in [1.807, 2.05) is 0 Å². The van der Waals surface area contributed by atoms with Crippen LogP contribution in [0.5, 0.6) is 5.75 Å². The van der Waals surface area contributed by atoms with Crippen LogP contribution >= 0.6 is 12.6 Å². The van der Waals surface area contributed by atoms with Crippen molar-refractivity contribution < 1.29 is 4.74 Å². The van der Waals surface area contributed by atoms with Crippen molar-refractivity contribution in [2.75, 3.05) is 7.11 Å². The molecule has 0 atom stereocenters. The normalized spacial score (nSPS) is 11.2. The Morgan fingerprint density at radius 3 is 2.00 bits per heavy atom. The van der Waals surface area contributed by atoms with Gasteiger partial charge < -0.3 is 4.74 Å². The van der Waals surface area contributed by atoms with Crippen LogP contribution in [0.15, 0.2) is 35.2 Å². The van der Waals surface area contributed by atoms with Gasteiger partial charge in [-0.25, -0.2) is 0 Å². The Hall–Kier alpha value is -1.15. The highest BCUT2D eigenvalue weighted by atomic mass is 32.1. The van der Waals surface area contributed by atoms with Gasteiger partial charge in [0.2, 0.25) is 0 Å². The fourth-order valence-electron chi connectivity index (χ4n) is 3.76. The average Bonchev–Trinajstić information content (AvgIpc) is 2.66. The first-order chi connectivity index (χ1) is 12.8. The highest BCUT2D eigenvalue weighted by Gasteiger charge is 2.11. The summed E-state index contributed by atoms with van der Waals surface area (Å²) >= 11 is 4.72. The van der Waals surface area contributed by atoms with Crippen LogP contribution in [0.1, 0.15) is 83.1 Å². The van der Waals surface area contributed by atoms with Gasteiger partial charge in [-0.3, -0.25) is 0 Å². The third-order valence-electron chi connectivity index (χ3n) is 5.31. The maximum Gasteiger partial charge on any atom is 0.135 e. The molecule has 2 rings (SSSR count). The van der Waals surface area contributed by atoms with Crippen LogP contribution in [0.25, 0.3) is 10.8 Å². The van der Waals surface area contributed by atoms with Crippen LogP contribution in [-0.4, -0.2) is 7.11 Å².